The number of aromatic nitrogens is 2. The van der Waals surface area contributed by atoms with Crippen LogP contribution in [-0.4, -0.2) is 42.9 Å². The molecule has 0 unspecified atom stereocenters. The Morgan fingerprint density at radius 3 is 2.63 bits per heavy atom. The second-order valence-electron chi connectivity index (χ2n) is 9.13. The molecule has 1 fully saturated rings. The minimum Gasteiger partial charge on any atom is -0.324 e. The van der Waals surface area contributed by atoms with Gasteiger partial charge in [0.05, 0.1) is 15.8 Å². The second-order valence-corrected chi connectivity index (χ2v) is 12.9. The molecule has 1 saturated carbocycles. The van der Waals surface area contributed by atoms with Gasteiger partial charge in [-0.05, 0) is 66.6 Å². The molecule has 35 heavy (non-hydrogen) atoms. The van der Waals surface area contributed by atoms with Crippen molar-refractivity contribution in [3.8, 4) is 0 Å². The van der Waals surface area contributed by atoms with Crippen molar-refractivity contribution in [3.05, 3.63) is 76.6 Å². The smallest absolute Gasteiger partial charge is 0.238 e. The lowest BCUT2D eigenvalue weighted by Crippen LogP contribution is -2.38. The molecule has 1 aliphatic carbocycles. The van der Waals surface area contributed by atoms with Gasteiger partial charge in [-0.2, -0.15) is 4.31 Å². The van der Waals surface area contributed by atoms with Gasteiger partial charge in [-0.1, -0.05) is 24.3 Å². The quantitative estimate of drug-likeness (QED) is 0.496. The molecule has 11 heteroatoms. The molecule has 1 aromatic heterocycles. The van der Waals surface area contributed by atoms with E-state index in [0.29, 0.717) is 37.6 Å². The molecular formula is C24H27N5O4S2. The number of rotatable bonds is 7. The van der Waals surface area contributed by atoms with E-state index in [2.05, 4.69) is 21.4 Å². The van der Waals surface area contributed by atoms with Crippen LogP contribution >= 0.6 is 0 Å². The number of fused-ring (bicyclic) bond motifs is 1. The normalized spacial score (nSPS) is 16.6. The van der Waals surface area contributed by atoms with Crippen LogP contribution in [0.25, 0.3) is 0 Å². The lowest BCUT2D eigenvalue weighted by atomic mass is 9.96. The molecule has 2 aliphatic rings. The SMILES string of the molecule is Cc1cnc(Nc2cccc(S(N)(=O)=O)c2)nc1Cc1ccc2c(c1)CCN(S(=O)(=O)C1CC1)C2. The molecule has 5 rings (SSSR count). The van der Waals surface area contributed by atoms with Crippen LogP contribution in [0.1, 0.15) is 40.8 Å². The third-order valence-electron chi connectivity index (χ3n) is 6.42. The van der Waals surface area contributed by atoms with Crippen LogP contribution < -0.4 is 10.5 Å². The first-order valence-electron chi connectivity index (χ1n) is 11.4. The second kappa shape index (κ2) is 8.98. The van der Waals surface area contributed by atoms with Crippen LogP contribution in [0.15, 0.2) is 53.6 Å². The molecule has 0 bridgehead atoms. The zero-order valence-electron chi connectivity index (χ0n) is 19.3. The topological polar surface area (TPSA) is 135 Å². The van der Waals surface area contributed by atoms with Gasteiger partial charge in [-0.25, -0.2) is 31.9 Å². The van der Waals surface area contributed by atoms with Gasteiger partial charge in [-0.3, -0.25) is 0 Å². The van der Waals surface area contributed by atoms with Gasteiger partial charge in [0.15, 0.2) is 0 Å². The molecule has 3 N–H and O–H groups in total. The van der Waals surface area contributed by atoms with Crippen LogP contribution in [0.4, 0.5) is 11.6 Å². The maximum Gasteiger partial charge on any atom is 0.238 e. The highest BCUT2D eigenvalue weighted by Crippen LogP contribution is 2.34. The number of primary sulfonamides is 1. The van der Waals surface area contributed by atoms with E-state index < -0.39 is 20.0 Å². The molecule has 0 atom stereocenters. The average Bonchev–Trinajstić information content (AvgIpc) is 3.67. The van der Waals surface area contributed by atoms with Crippen molar-refractivity contribution in [2.24, 2.45) is 5.14 Å². The zero-order valence-corrected chi connectivity index (χ0v) is 20.9. The third kappa shape index (κ3) is 5.22. The highest BCUT2D eigenvalue weighted by molar-refractivity contribution is 7.90. The summed E-state index contributed by atoms with van der Waals surface area (Å²) < 4.78 is 50.1. The Morgan fingerprint density at radius 2 is 1.89 bits per heavy atom. The molecular weight excluding hydrogens is 486 g/mol. The molecule has 0 saturated heterocycles. The number of nitrogens with two attached hydrogens (primary N) is 1. The number of aryl methyl sites for hydroxylation is 1. The van der Waals surface area contributed by atoms with Gasteiger partial charge in [-0.15, -0.1) is 0 Å². The van der Waals surface area contributed by atoms with Gasteiger partial charge in [0.25, 0.3) is 0 Å². The van der Waals surface area contributed by atoms with E-state index in [1.165, 1.54) is 17.7 Å². The Morgan fingerprint density at radius 1 is 1.09 bits per heavy atom. The Kier molecular flexibility index (Phi) is 6.12. The summed E-state index contributed by atoms with van der Waals surface area (Å²) in [4.78, 5) is 8.98. The van der Waals surface area contributed by atoms with Gasteiger partial charge in [0, 0.05) is 31.4 Å². The molecule has 9 nitrogen and oxygen atoms in total. The fourth-order valence-electron chi connectivity index (χ4n) is 4.27. The van der Waals surface area contributed by atoms with Crippen LogP contribution in [0, 0.1) is 6.92 Å². The molecule has 0 spiro atoms. The Balaban J connectivity index is 1.33. The largest absolute Gasteiger partial charge is 0.324 e. The van der Waals surface area contributed by atoms with Crippen LogP contribution in [0.2, 0.25) is 0 Å². The molecule has 0 radical (unpaired) electrons. The number of sulfonamides is 2. The van der Waals surface area contributed by atoms with E-state index in [1.54, 1.807) is 22.6 Å². The number of hydrogen-bond donors (Lipinski definition) is 2. The number of nitrogens with one attached hydrogen (secondary N) is 1. The third-order valence-corrected chi connectivity index (χ3v) is 9.68. The summed E-state index contributed by atoms with van der Waals surface area (Å²) in [5, 5.41) is 8.09. The van der Waals surface area contributed by atoms with E-state index in [0.717, 1.165) is 35.2 Å². The number of hydrogen-bond acceptors (Lipinski definition) is 7. The van der Waals surface area contributed by atoms with Crippen molar-refractivity contribution in [2.75, 3.05) is 11.9 Å². The molecule has 2 heterocycles. The molecule has 2 aromatic carbocycles. The summed E-state index contributed by atoms with van der Waals surface area (Å²) in [6, 6.07) is 12.4. The first-order valence-corrected chi connectivity index (χ1v) is 14.5. The fraction of sp³-hybridized carbons (Fsp3) is 0.333. The van der Waals surface area contributed by atoms with E-state index in [-0.39, 0.29) is 10.1 Å². The van der Waals surface area contributed by atoms with Gasteiger partial charge < -0.3 is 5.32 Å². The highest BCUT2D eigenvalue weighted by Gasteiger charge is 2.40. The first kappa shape index (κ1) is 23.9. The number of anilines is 2. The monoisotopic (exact) mass is 513 g/mol. The fourth-order valence-corrected chi connectivity index (χ4v) is 6.65. The summed E-state index contributed by atoms with van der Waals surface area (Å²) in [5.74, 6) is 0.357. The van der Waals surface area contributed by atoms with Crippen molar-refractivity contribution < 1.29 is 16.8 Å². The van der Waals surface area contributed by atoms with E-state index >= 15 is 0 Å². The predicted molar refractivity (Wildman–Crippen MR) is 133 cm³/mol. The van der Waals surface area contributed by atoms with E-state index in [4.69, 9.17) is 5.14 Å². The lowest BCUT2D eigenvalue weighted by Gasteiger charge is -2.28. The summed E-state index contributed by atoms with van der Waals surface area (Å²) in [6.45, 7) is 2.90. The summed E-state index contributed by atoms with van der Waals surface area (Å²) in [5.41, 5.74) is 5.62. The Hall–Kier alpha value is -2.86. The van der Waals surface area contributed by atoms with Crippen LogP contribution in [0.5, 0.6) is 0 Å². The maximum absolute atomic E-state index is 12.6. The van der Waals surface area contributed by atoms with E-state index in [1.807, 2.05) is 19.1 Å². The van der Waals surface area contributed by atoms with Crippen molar-refractivity contribution in [1.82, 2.24) is 14.3 Å². The maximum atomic E-state index is 12.6. The predicted octanol–water partition coefficient (Wildman–Crippen LogP) is 2.62. The van der Waals surface area contributed by atoms with Crippen molar-refractivity contribution in [1.29, 1.82) is 0 Å². The highest BCUT2D eigenvalue weighted by atomic mass is 32.2. The molecule has 1 aliphatic heterocycles. The lowest BCUT2D eigenvalue weighted by molar-refractivity contribution is 0.390. The minimum atomic E-state index is -3.81. The van der Waals surface area contributed by atoms with Crippen molar-refractivity contribution >= 4 is 31.7 Å². The first-order chi connectivity index (χ1) is 16.6. The standard InChI is InChI=1S/C24H27N5O4S2/c1-16-14-26-24(27-20-3-2-4-22(13-20)34(25,30)31)28-23(16)12-17-5-6-19-15-29(10-9-18(19)11-17)35(32,33)21-7-8-21/h2-6,11,13-14,21H,7-10,12,15H2,1H3,(H2,25,30,31)(H,26,27,28). The molecule has 0 amide bonds. The van der Waals surface area contributed by atoms with Gasteiger partial charge >= 0.3 is 0 Å². The van der Waals surface area contributed by atoms with Gasteiger partial charge in [0.1, 0.15) is 0 Å². The number of benzene rings is 2. The Labute approximate surface area is 205 Å². The summed E-state index contributed by atoms with van der Waals surface area (Å²) in [7, 11) is -6.98. The Bertz CT molecular complexity index is 1500. The zero-order chi connectivity index (χ0) is 24.8. The van der Waals surface area contributed by atoms with Gasteiger partial charge in [0.2, 0.25) is 26.0 Å². The van der Waals surface area contributed by atoms with Crippen molar-refractivity contribution in [2.45, 2.75) is 49.3 Å². The molecule has 3 aromatic rings. The number of nitrogens with zero attached hydrogens (tertiary/aromatic N) is 3. The van der Waals surface area contributed by atoms with E-state index in [9.17, 15) is 16.8 Å². The van der Waals surface area contributed by atoms with Crippen LogP contribution in [-0.2, 0) is 39.4 Å². The van der Waals surface area contributed by atoms with Crippen LogP contribution in [0.3, 0.4) is 0 Å². The summed E-state index contributed by atoms with van der Waals surface area (Å²) >= 11 is 0. The molecule has 184 valence electrons. The average molecular weight is 514 g/mol. The van der Waals surface area contributed by atoms with Crippen molar-refractivity contribution in [3.63, 3.8) is 0 Å². The minimum absolute atomic E-state index is 0.00684. The summed E-state index contributed by atoms with van der Waals surface area (Å²) in [6.07, 6.45) is 4.57.